The van der Waals surface area contributed by atoms with Crippen LogP contribution >= 0.6 is 0 Å². The number of hydrogen-bond acceptors (Lipinski definition) is 7. The zero-order valence-electron chi connectivity index (χ0n) is 27.1. The van der Waals surface area contributed by atoms with E-state index in [1.165, 1.54) is 52.7 Å². The molecule has 8 aliphatic carbocycles. The van der Waals surface area contributed by atoms with Crippen molar-refractivity contribution in [3.63, 3.8) is 0 Å². The molecule has 0 spiro atoms. The molecule has 8 bridgehead atoms. The minimum atomic E-state index is -0.722. The Bertz CT molecular complexity index is 1350. The first-order valence-corrected chi connectivity index (χ1v) is 17.0. The molecule has 2 aromatic carbocycles. The minimum absolute atomic E-state index is 0.0165. The number of benzene rings is 2. The smallest absolute Gasteiger partial charge is 0.349 e. The highest BCUT2D eigenvalue weighted by molar-refractivity contribution is 6.05. The van der Waals surface area contributed by atoms with Crippen LogP contribution in [0.4, 0.5) is 0 Å². The van der Waals surface area contributed by atoms with Crippen molar-refractivity contribution in [3.8, 4) is 23.0 Å². The van der Waals surface area contributed by atoms with Crippen LogP contribution in [0.3, 0.4) is 0 Å². The lowest BCUT2D eigenvalue weighted by atomic mass is 9.48. The van der Waals surface area contributed by atoms with Crippen molar-refractivity contribution in [1.82, 2.24) is 0 Å². The van der Waals surface area contributed by atoms with Gasteiger partial charge in [0.25, 0.3) is 0 Å². The summed E-state index contributed by atoms with van der Waals surface area (Å²) in [4.78, 5) is 27.8. The molecular formula is C38H46O7. The van der Waals surface area contributed by atoms with Gasteiger partial charge in [0.15, 0.2) is 0 Å². The molecule has 8 aliphatic rings. The molecule has 45 heavy (non-hydrogen) atoms. The summed E-state index contributed by atoms with van der Waals surface area (Å²) < 4.78 is 28.8. The molecule has 0 heterocycles. The van der Waals surface area contributed by atoms with Gasteiger partial charge >= 0.3 is 11.9 Å². The second-order valence-electron chi connectivity index (χ2n) is 15.6. The molecule has 10 rings (SSSR count). The van der Waals surface area contributed by atoms with Gasteiger partial charge in [0.2, 0.25) is 0 Å². The van der Waals surface area contributed by atoms with Gasteiger partial charge in [0, 0.05) is 23.3 Å². The van der Waals surface area contributed by atoms with Crippen molar-refractivity contribution in [2.75, 3.05) is 28.4 Å². The SMILES string of the molecule is COc1cc(OC)c(C23CC4CC(CC(C4)C2)C3)cc1C(=O)OC(=O)c1cc(C23CC4CC(CC(C4)C2)C3)c(OC)cc1OC. The number of carbonyl (C=O) groups is 2. The van der Waals surface area contributed by atoms with Crippen molar-refractivity contribution in [3.05, 3.63) is 46.5 Å². The average molecular weight is 615 g/mol. The normalized spacial score (nSPS) is 35.3. The average Bonchev–Trinajstić information content (AvgIpc) is 3.02. The molecule has 0 aliphatic heterocycles. The summed E-state index contributed by atoms with van der Waals surface area (Å²) >= 11 is 0. The Hall–Kier alpha value is -3.22. The maximum Gasteiger partial charge on any atom is 0.349 e. The first-order chi connectivity index (χ1) is 21.7. The lowest BCUT2D eigenvalue weighted by Gasteiger charge is -2.57. The van der Waals surface area contributed by atoms with E-state index in [-0.39, 0.29) is 22.0 Å². The molecule has 0 radical (unpaired) electrons. The summed E-state index contributed by atoms with van der Waals surface area (Å²) in [6, 6.07) is 7.39. The highest BCUT2D eigenvalue weighted by atomic mass is 16.6. The van der Waals surface area contributed by atoms with E-state index in [4.69, 9.17) is 23.7 Å². The van der Waals surface area contributed by atoms with Crippen LogP contribution in [-0.2, 0) is 15.6 Å². The Morgan fingerprint density at radius 2 is 0.778 bits per heavy atom. The van der Waals surface area contributed by atoms with E-state index in [1.807, 2.05) is 12.1 Å². The van der Waals surface area contributed by atoms with Crippen LogP contribution in [0, 0.1) is 35.5 Å². The zero-order valence-corrected chi connectivity index (χ0v) is 27.1. The number of hydrogen-bond donors (Lipinski definition) is 0. The van der Waals surface area contributed by atoms with Crippen molar-refractivity contribution in [2.45, 2.75) is 87.9 Å². The summed E-state index contributed by atoms with van der Waals surface area (Å²) in [5.41, 5.74) is 2.58. The predicted octanol–water partition coefficient (Wildman–Crippen LogP) is 7.65. The van der Waals surface area contributed by atoms with E-state index in [0.29, 0.717) is 11.5 Å². The molecule has 0 atom stereocenters. The summed E-state index contributed by atoms with van der Waals surface area (Å²) in [6.07, 6.45) is 14.6. The molecule has 0 unspecified atom stereocenters. The third-order valence-corrected chi connectivity index (χ3v) is 12.9. The second-order valence-corrected chi connectivity index (χ2v) is 15.6. The number of esters is 2. The molecule has 7 heteroatoms. The molecule has 8 fully saturated rings. The summed E-state index contributed by atoms with van der Waals surface area (Å²) in [7, 11) is 6.42. The number of carbonyl (C=O) groups excluding carboxylic acids is 2. The lowest BCUT2D eigenvalue weighted by Crippen LogP contribution is -2.48. The minimum Gasteiger partial charge on any atom is -0.496 e. The first kappa shape index (κ1) is 29.2. The Morgan fingerprint density at radius 1 is 0.489 bits per heavy atom. The van der Waals surface area contributed by atoms with Gasteiger partial charge in [0.05, 0.1) is 28.4 Å². The van der Waals surface area contributed by atoms with Gasteiger partial charge in [-0.15, -0.1) is 0 Å². The largest absolute Gasteiger partial charge is 0.496 e. The highest BCUT2D eigenvalue weighted by Gasteiger charge is 2.54. The number of rotatable bonds is 8. The van der Waals surface area contributed by atoms with Gasteiger partial charge < -0.3 is 23.7 Å². The molecule has 0 aromatic heterocycles. The van der Waals surface area contributed by atoms with Crippen LogP contribution in [-0.4, -0.2) is 40.4 Å². The van der Waals surface area contributed by atoms with Gasteiger partial charge in [-0.3, -0.25) is 0 Å². The molecule has 240 valence electrons. The predicted molar refractivity (Wildman–Crippen MR) is 169 cm³/mol. The first-order valence-electron chi connectivity index (χ1n) is 17.0. The lowest BCUT2D eigenvalue weighted by molar-refractivity contribution is -0.00633. The van der Waals surface area contributed by atoms with Crippen LogP contribution in [0.25, 0.3) is 0 Å². The van der Waals surface area contributed by atoms with Gasteiger partial charge in [-0.1, -0.05) is 0 Å². The third-order valence-electron chi connectivity index (χ3n) is 12.9. The van der Waals surface area contributed by atoms with Gasteiger partial charge in [0.1, 0.15) is 34.1 Å². The topological polar surface area (TPSA) is 80.3 Å². The molecule has 7 nitrogen and oxygen atoms in total. The van der Waals surface area contributed by atoms with Gasteiger partial charge in [-0.2, -0.15) is 0 Å². The number of methoxy groups -OCH3 is 4. The van der Waals surface area contributed by atoms with Crippen LogP contribution < -0.4 is 18.9 Å². The maximum absolute atomic E-state index is 13.9. The quantitative estimate of drug-likeness (QED) is 0.223. The van der Waals surface area contributed by atoms with Crippen LogP contribution in [0.1, 0.15) is 109 Å². The van der Waals surface area contributed by atoms with E-state index < -0.39 is 11.9 Å². The standard InChI is InChI=1S/C38H46O7/c1-41-31-13-33(43-3)29(37-15-21-5-22(16-37)7-23(6-21)17-37)11-27(31)35(39)45-36(40)28-12-30(34(44-4)14-32(28)42-2)38-18-24-8-25(19-38)10-26(9-24)20-38/h11-14,21-26H,5-10,15-20H2,1-4H3. The van der Waals surface area contributed by atoms with Gasteiger partial charge in [-0.05, 0) is 136 Å². The van der Waals surface area contributed by atoms with Crippen molar-refractivity contribution >= 4 is 11.9 Å². The van der Waals surface area contributed by atoms with E-state index in [9.17, 15) is 9.59 Å². The molecule has 8 saturated carbocycles. The fraction of sp³-hybridized carbons (Fsp3) is 0.632. The molecule has 0 N–H and O–H groups in total. The summed E-state index contributed by atoms with van der Waals surface area (Å²) in [5.74, 6) is 5.09. The fourth-order valence-electron chi connectivity index (χ4n) is 12.0. The van der Waals surface area contributed by atoms with Crippen molar-refractivity contribution in [2.24, 2.45) is 35.5 Å². The summed E-state index contributed by atoms with van der Waals surface area (Å²) in [6.45, 7) is 0. The van der Waals surface area contributed by atoms with E-state index >= 15 is 0 Å². The zero-order chi connectivity index (χ0) is 31.1. The van der Waals surface area contributed by atoms with Crippen LogP contribution in [0.15, 0.2) is 24.3 Å². The molecule has 0 saturated heterocycles. The van der Waals surface area contributed by atoms with Crippen LogP contribution in [0.5, 0.6) is 23.0 Å². The second kappa shape index (κ2) is 10.7. The highest BCUT2D eigenvalue weighted by Crippen LogP contribution is 2.63. The Balaban J connectivity index is 1.13. The fourth-order valence-corrected chi connectivity index (χ4v) is 12.0. The van der Waals surface area contributed by atoms with Crippen molar-refractivity contribution in [1.29, 1.82) is 0 Å². The van der Waals surface area contributed by atoms with Crippen LogP contribution in [0.2, 0.25) is 0 Å². The van der Waals surface area contributed by atoms with E-state index in [2.05, 4.69) is 0 Å². The monoisotopic (exact) mass is 614 g/mol. The Labute approximate surface area is 266 Å². The molecule has 2 aromatic rings. The van der Waals surface area contributed by atoms with Crippen molar-refractivity contribution < 1.29 is 33.3 Å². The van der Waals surface area contributed by atoms with E-state index in [1.54, 1.807) is 26.4 Å². The number of ether oxygens (including phenoxy) is 5. The Morgan fingerprint density at radius 3 is 1.04 bits per heavy atom. The maximum atomic E-state index is 13.9. The molecule has 0 amide bonds. The van der Waals surface area contributed by atoms with Gasteiger partial charge in [-0.25, -0.2) is 9.59 Å². The Kier molecular flexibility index (Phi) is 6.92. The van der Waals surface area contributed by atoms with E-state index in [0.717, 1.165) is 96.7 Å². The third kappa shape index (κ3) is 4.66. The summed E-state index contributed by atoms with van der Waals surface area (Å²) in [5, 5.41) is 0. The molecular weight excluding hydrogens is 568 g/mol.